The van der Waals surface area contributed by atoms with Gasteiger partial charge in [-0.3, -0.25) is 9.59 Å². The molecule has 0 spiro atoms. The molecule has 1 aliphatic rings. The second kappa shape index (κ2) is 9.14. The van der Waals surface area contributed by atoms with Gasteiger partial charge in [-0.05, 0) is 31.9 Å². The predicted octanol–water partition coefficient (Wildman–Crippen LogP) is 3.28. The predicted molar refractivity (Wildman–Crippen MR) is 104 cm³/mol. The van der Waals surface area contributed by atoms with Crippen molar-refractivity contribution in [2.45, 2.75) is 26.2 Å². The monoisotopic (exact) mass is 408 g/mol. The molecule has 0 saturated carbocycles. The van der Waals surface area contributed by atoms with Crippen LogP contribution in [0, 0.1) is 5.92 Å². The molecular weight excluding hydrogens is 388 g/mol. The average Bonchev–Trinajstić information content (AvgIpc) is 3.10. The second-order valence-electron chi connectivity index (χ2n) is 6.24. The first kappa shape index (κ1) is 19.6. The van der Waals surface area contributed by atoms with E-state index >= 15 is 0 Å². The Morgan fingerprint density at radius 3 is 3.04 bits per heavy atom. The van der Waals surface area contributed by atoms with E-state index in [4.69, 9.17) is 16.3 Å². The molecule has 9 heteroatoms. The number of rotatable bonds is 6. The first-order valence-electron chi connectivity index (χ1n) is 8.82. The largest absolute Gasteiger partial charge is 0.466 e. The minimum atomic E-state index is -0.230. The molecule has 144 valence electrons. The molecule has 0 aromatic carbocycles. The van der Waals surface area contributed by atoms with Crippen LogP contribution in [-0.4, -0.2) is 46.4 Å². The summed E-state index contributed by atoms with van der Waals surface area (Å²) >= 11 is 7.23. The van der Waals surface area contributed by atoms with Crippen molar-refractivity contribution in [3.05, 3.63) is 34.4 Å². The van der Waals surface area contributed by atoms with Crippen molar-refractivity contribution in [1.29, 1.82) is 0 Å². The molecule has 1 aliphatic heterocycles. The number of carbonyl (C=O) groups is 2. The molecule has 2 aromatic rings. The molecule has 0 aliphatic carbocycles. The Balaban J connectivity index is 1.55. The fraction of sp³-hybridized carbons (Fsp3) is 0.444. The van der Waals surface area contributed by atoms with Gasteiger partial charge in [-0.1, -0.05) is 11.6 Å². The number of piperidine rings is 1. The maximum absolute atomic E-state index is 12.6. The van der Waals surface area contributed by atoms with E-state index in [1.807, 2.05) is 5.38 Å². The highest BCUT2D eigenvalue weighted by Gasteiger charge is 2.29. The first-order valence-corrected chi connectivity index (χ1v) is 10.1. The lowest BCUT2D eigenvalue weighted by Crippen LogP contribution is -2.43. The van der Waals surface area contributed by atoms with E-state index in [1.165, 1.54) is 11.3 Å². The standard InChI is InChI=1S/C18H21ClN4O3S/c1-2-26-17(25)12-4-3-7-23(10-12)16(24)8-14-11-27-18(21-14)22-15-6-5-13(19)9-20-15/h5-6,9,11-12H,2-4,7-8,10H2,1H3,(H,20,21,22). The summed E-state index contributed by atoms with van der Waals surface area (Å²) in [6.45, 7) is 3.23. The number of amides is 1. The number of ether oxygens (including phenoxy) is 1. The molecule has 1 unspecified atom stereocenters. The lowest BCUT2D eigenvalue weighted by Gasteiger charge is -2.31. The maximum Gasteiger partial charge on any atom is 0.310 e. The summed E-state index contributed by atoms with van der Waals surface area (Å²) in [5, 5.41) is 6.17. The van der Waals surface area contributed by atoms with Crippen LogP contribution in [0.25, 0.3) is 0 Å². The SMILES string of the molecule is CCOC(=O)C1CCCN(C(=O)Cc2csc(Nc3ccc(Cl)cn3)n2)C1. The van der Waals surface area contributed by atoms with Crippen molar-refractivity contribution in [3.8, 4) is 0 Å². The number of nitrogens with one attached hydrogen (secondary N) is 1. The number of anilines is 2. The normalized spacial score (nSPS) is 16.8. The summed E-state index contributed by atoms with van der Waals surface area (Å²) in [7, 11) is 0. The van der Waals surface area contributed by atoms with Crippen molar-refractivity contribution in [2.75, 3.05) is 25.0 Å². The molecule has 1 fully saturated rings. The number of esters is 1. The topological polar surface area (TPSA) is 84.4 Å². The van der Waals surface area contributed by atoms with Gasteiger partial charge < -0.3 is 15.0 Å². The van der Waals surface area contributed by atoms with Crippen LogP contribution < -0.4 is 5.32 Å². The van der Waals surface area contributed by atoms with Crippen LogP contribution in [0.15, 0.2) is 23.7 Å². The van der Waals surface area contributed by atoms with E-state index in [0.717, 1.165) is 12.8 Å². The Hall–Kier alpha value is -2.19. The molecule has 1 N–H and O–H groups in total. The van der Waals surface area contributed by atoms with Gasteiger partial charge in [-0.25, -0.2) is 9.97 Å². The zero-order chi connectivity index (χ0) is 19.2. The Morgan fingerprint density at radius 2 is 2.30 bits per heavy atom. The molecule has 3 rings (SSSR count). The third-order valence-electron chi connectivity index (χ3n) is 4.24. The van der Waals surface area contributed by atoms with Crippen molar-refractivity contribution in [1.82, 2.24) is 14.9 Å². The summed E-state index contributed by atoms with van der Waals surface area (Å²) < 4.78 is 5.08. The summed E-state index contributed by atoms with van der Waals surface area (Å²) in [4.78, 5) is 34.9. The Bertz CT molecular complexity index is 796. The Labute approximate surface area is 166 Å². The van der Waals surface area contributed by atoms with Crippen LogP contribution in [0.3, 0.4) is 0 Å². The molecule has 0 bridgehead atoms. The molecule has 2 aromatic heterocycles. The molecule has 7 nitrogen and oxygen atoms in total. The molecule has 27 heavy (non-hydrogen) atoms. The van der Waals surface area contributed by atoms with E-state index in [1.54, 1.807) is 30.2 Å². The van der Waals surface area contributed by atoms with Gasteiger partial charge in [0.2, 0.25) is 5.91 Å². The van der Waals surface area contributed by atoms with Gasteiger partial charge in [0, 0.05) is 24.7 Å². The van der Waals surface area contributed by atoms with Gasteiger partial charge in [-0.15, -0.1) is 11.3 Å². The number of likely N-dealkylation sites (tertiary alicyclic amines) is 1. The lowest BCUT2D eigenvalue weighted by atomic mass is 9.98. The Kier molecular flexibility index (Phi) is 6.63. The second-order valence-corrected chi connectivity index (χ2v) is 7.53. The van der Waals surface area contributed by atoms with Crippen LogP contribution >= 0.6 is 22.9 Å². The number of hydrogen-bond acceptors (Lipinski definition) is 7. The van der Waals surface area contributed by atoms with Crippen LogP contribution in [0.4, 0.5) is 10.9 Å². The van der Waals surface area contributed by atoms with Crippen molar-refractivity contribution >= 4 is 45.8 Å². The van der Waals surface area contributed by atoms with E-state index in [2.05, 4.69) is 15.3 Å². The highest BCUT2D eigenvalue weighted by Crippen LogP contribution is 2.22. The third-order valence-corrected chi connectivity index (χ3v) is 5.27. The number of halogens is 1. The molecular formula is C18H21ClN4O3S. The minimum Gasteiger partial charge on any atom is -0.466 e. The summed E-state index contributed by atoms with van der Waals surface area (Å²) in [5.41, 5.74) is 0.694. The maximum atomic E-state index is 12.6. The Morgan fingerprint density at radius 1 is 1.44 bits per heavy atom. The third kappa shape index (κ3) is 5.40. The smallest absolute Gasteiger partial charge is 0.310 e. The highest BCUT2D eigenvalue weighted by molar-refractivity contribution is 7.13. The van der Waals surface area contributed by atoms with Crippen LogP contribution in [-0.2, 0) is 20.7 Å². The highest BCUT2D eigenvalue weighted by atomic mass is 35.5. The van der Waals surface area contributed by atoms with Gasteiger partial charge in [0.05, 0.1) is 29.7 Å². The molecule has 3 heterocycles. The van der Waals surface area contributed by atoms with Gasteiger partial charge >= 0.3 is 5.97 Å². The van der Waals surface area contributed by atoms with Crippen LogP contribution in [0.1, 0.15) is 25.5 Å². The average molecular weight is 409 g/mol. The zero-order valence-electron chi connectivity index (χ0n) is 15.0. The zero-order valence-corrected chi connectivity index (χ0v) is 16.6. The number of thiazole rings is 1. The number of pyridine rings is 1. The van der Waals surface area contributed by atoms with E-state index in [9.17, 15) is 9.59 Å². The molecule has 1 amide bonds. The summed E-state index contributed by atoms with van der Waals surface area (Å²) in [6, 6.07) is 3.50. The van der Waals surface area contributed by atoms with Crippen LogP contribution in [0.2, 0.25) is 5.02 Å². The first-order chi connectivity index (χ1) is 13.0. The van der Waals surface area contributed by atoms with Crippen molar-refractivity contribution in [3.63, 3.8) is 0 Å². The number of hydrogen-bond donors (Lipinski definition) is 1. The summed E-state index contributed by atoms with van der Waals surface area (Å²) in [6.07, 6.45) is 3.34. The fourth-order valence-corrected chi connectivity index (χ4v) is 3.76. The minimum absolute atomic E-state index is 0.0227. The fourth-order valence-electron chi connectivity index (χ4n) is 2.93. The van der Waals surface area contributed by atoms with Crippen molar-refractivity contribution < 1.29 is 14.3 Å². The van der Waals surface area contributed by atoms with Crippen molar-refractivity contribution in [2.24, 2.45) is 5.92 Å². The van der Waals surface area contributed by atoms with Gasteiger partial charge in [0.15, 0.2) is 5.13 Å². The van der Waals surface area contributed by atoms with E-state index in [-0.39, 0.29) is 24.2 Å². The quantitative estimate of drug-likeness (QED) is 0.738. The molecule has 1 saturated heterocycles. The van der Waals surface area contributed by atoms with E-state index < -0.39 is 0 Å². The van der Waals surface area contributed by atoms with Gasteiger partial charge in [0.25, 0.3) is 0 Å². The molecule has 1 atom stereocenters. The summed E-state index contributed by atoms with van der Waals surface area (Å²) in [5.74, 6) is 0.169. The number of aromatic nitrogens is 2. The van der Waals surface area contributed by atoms with E-state index in [0.29, 0.717) is 41.4 Å². The number of carbonyl (C=O) groups excluding carboxylic acids is 2. The molecule has 0 radical (unpaired) electrons. The van der Waals surface area contributed by atoms with Crippen LogP contribution in [0.5, 0.6) is 0 Å². The van der Waals surface area contributed by atoms with Gasteiger partial charge in [0.1, 0.15) is 5.82 Å². The van der Waals surface area contributed by atoms with Gasteiger partial charge in [-0.2, -0.15) is 0 Å². The number of nitrogens with zero attached hydrogens (tertiary/aromatic N) is 3. The lowest BCUT2D eigenvalue weighted by molar-refractivity contribution is -0.151.